The highest BCUT2D eigenvalue weighted by Crippen LogP contribution is 2.21. The Morgan fingerprint density at radius 3 is 2.24 bits per heavy atom. The first-order valence-corrected chi connectivity index (χ1v) is 14.3. The van der Waals surface area contributed by atoms with Crippen molar-refractivity contribution in [2.45, 2.75) is 39.3 Å². The molecule has 2 aromatic carbocycles. The molecular formula is C23H29BrIN3O4S. The van der Waals surface area contributed by atoms with Crippen LogP contribution < -0.4 is 9.62 Å². The molecule has 33 heavy (non-hydrogen) atoms. The lowest BCUT2D eigenvalue weighted by molar-refractivity contribution is -0.139. The van der Waals surface area contributed by atoms with Crippen LogP contribution in [0.15, 0.2) is 53.0 Å². The van der Waals surface area contributed by atoms with Gasteiger partial charge < -0.3 is 10.2 Å². The van der Waals surface area contributed by atoms with Crippen LogP contribution in [0.4, 0.5) is 5.69 Å². The fraction of sp³-hybridized carbons (Fsp3) is 0.391. The molecule has 0 aliphatic rings. The van der Waals surface area contributed by atoms with Crippen molar-refractivity contribution in [2.24, 2.45) is 0 Å². The summed E-state index contributed by atoms with van der Waals surface area (Å²) in [6.07, 6.45) is 2.85. The monoisotopic (exact) mass is 649 g/mol. The third kappa shape index (κ3) is 8.56. The van der Waals surface area contributed by atoms with E-state index >= 15 is 0 Å². The first kappa shape index (κ1) is 27.6. The number of benzene rings is 2. The average Bonchev–Trinajstić information content (AvgIpc) is 2.76. The van der Waals surface area contributed by atoms with Crippen LogP contribution in [0.3, 0.4) is 0 Å². The summed E-state index contributed by atoms with van der Waals surface area (Å²) in [6, 6.07) is 13.6. The number of halogens is 2. The number of hydrogen-bond donors (Lipinski definition) is 1. The fourth-order valence-corrected chi connectivity index (χ4v) is 4.60. The Morgan fingerprint density at radius 1 is 1.09 bits per heavy atom. The van der Waals surface area contributed by atoms with Crippen LogP contribution in [-0.2, 0) is 26.2 Å². The number of amides is 2. The third-order valence-corrected chi connectivity index (χ3v) is 7.45. The molecule has 1 atom stereocenters. The van der Waals surface area contributed by atoms with Gasteiger partial charge >= 0.3 is 0 Å². The maximum Gasteiger partial charge on any atom is 0.244 e. The predicted octanol–water partition coefficient (Wildman–Crippen LogP) is 4.15. The summed E-state index contributed by atoms with van der Waals surface area (Å²) < 4.78 is 28.0. The van der Waals surface area contributed by atoms with E-state index in [0.29, 0.717) is 12.2 Å². The Hall–Kier alpha value is -1.66. The summed E-state index contributed by atoms with van der Waals surface area (Å²) in [5.74, 6) is -0.728. The maximum absolute atomic E-state index is 13.4. The largest absolute Gasteiger partial charge is 0.354 e. The van der Waals surface area contributed by atoms with Crippen molar-refractivity contribution in [2.75, 3.05) is 23.7 Å². The smallest absolute Gasteiger partial charge is 0.244 e. The number of carbonyl (C=O) groups is 2. The van der Waals surface area contributed by atoms with Crippen LogP contribution in [-0.4, -0.2) is 50.5 Å². The molecule has 0 radical (unpaired) electrons. The van der Waals surface area contributed by atoms with E-state index in [1.54, 1.807) is 31.2 Å². The van der Waals surface area contributed by atoms with Gasteiger partial charge in [-0.1, -0.05) is 41.4 Å². The third-order valence-electron chi connectivity index (χ3n) is 5.06. The lowest BCUT2D eigenvalue weighted by Gasteiger charge is -2.31. The molecule has 0 saturated heterocycles. The Bertz CT molecular complexity index is 1050. The van der Waals surface area contributed by atoms with E-state index in [0.717, 1.165) is 37.0 Å². The van der Waals surface area contributed by atoms with Gasteiger partial charge in [-0.15, -0.1) is 0 Å². The van der Waals surface area contributed by atoms with Crippen molar-refractivity contribution in [3.63, 3.8) is 0 Å². The quantitative estimate of drug-likeness (QED) is 0.293. The summed E-state index contributed by atoms with van der Waals surface area (Å²) in [6.45, 7) is 4.00. The zero-order valence-corrected chi connectivity index (χ0v) is 23.5. The Labute approximate surface area is 218 Å². The Morgan fingerprint density at radius 2 is 1.70 bits per heavy atom. The number of hydrogen-bond acceptors (Lipinski definition) is 4. The molecule has 0 aliphatic carbocycles. The molecule has 0 aromatic heterocycles. The Balaban J connectivity index is 2.32. The molecule has 0 fully saturated rings. The van der Waals surface area contributed by atoms with Crippen LogP contribution in [0.25, 0.3) is 0 Å². The summed E-state index contributed by atoms with van der Waals surface area (Å²) in [5.41, 5.74) is 1.23. The first-order chi connectivity index (χ1) is 15.5. The van der Waals surface area contributed by atoms with E-state index < -0.39 is 28.5 Å². The summed E-state index contributed by atoms with van der Waals surface area (Å²) in [7, 11) is -3.72. The molecular weight excluding hydrogens is 621 g/mol. The molecule has 2 amide bonds. The molecule has 0 saturated carbocycles. The van der Waals surface area contributed by atoms with Gasteiger partial charge in [0.1, 0.15) is 12.6 Å². The highest BCUT2D eigenvalue weighted by Gasteiger charge is 2.30. The summed E-state index contributed by atoms with van der Waals surface area (Å²) in [4.78, 5) is 27.6. The van der Waals surface area contributed by atoms with Gasteiger partial charge in [0.25, 0.3) is 0 Å². The number of anilines is 1. The van der Waals surface area contributed by atoms with Gasteiger partial charge in [-0.25, -0.2) is 8.42 Å². The minimum absolute atomic E-state index is 0.179. The molecule has 0 aliphatic heterocycles. The van der Waals surface area contributed by atoms with Gasteiger partial charge in [0.15, 0.2) is 0 Å². The van der Waals surface area contributed by atoms with E-state index in [-0.39, 0.29) is 12.5 Å². The van der Waals surface area contributed by atoms with E-state index in [2.05, 4.69) is 43.8 Å². The average molecular weight is 650 g/mol. The van der Waals surface area contributed by atoms with Crippen molar-refractivity contribution in [1.82, 2.24) is 10.2 Å². The highest BCUT2D eigenvalue weighted by molar-refractivity contribution is 14.1. The van der Waals surface area contributed by atoms with Crippen LogP contribution in [0.5, 0.6) is 0 Å². The van der Waals surface area contributed by atoms with E-state index in [1.807, 2.05) is 31.2 Å². The maximum atomic E-state index is 13.4. The topological polar surface area (TPSA) is 86.8 Å². The van der Waals surface area contributed by atoms with Gasteiger partial charge in [0.2, 0.25) is 21.8 Å². The molecule has 1 N–H and O–H groups in total. The van der Waals surface area contributed by atoms with Crippen molar-refractivity contribution >= 4 is 66.0 Å². The molecule has 2 rings (SSSR count). The van der Waals surface area contributed by atoms with Gasteiger partial charge in [-0.3, -0.25) is 13.9 Å². The second kappa shape index (κ2) is 12.7. The Kier molecular flexibility index (Phi) is 10.6. The number of nitrogens with zero attached hydrogens (tertiary/aromatic N) is 2. The molecule has 2 aromatic rings. The van der Waals surface area contributed by atoms with Crippen LogP contribution in [0.2, 0.25) is 0 Å². The minimum atomic E-state index is -3.72. The van der Waals surface area contributed by atoms with Crippen molar-refractivity contribution in [3.8, 4) is 0 Å². The second-order valence-corrected chi connectivity index (χ2v) is 11.8. The number of unbranched alkanes of at least 4 members (excludes halogenated alkanes) is 1. The lowest BCUT2D eigenvalue weighted by atomic mass is 10.1. The van der Waals surface area contributed by atoms with Crippen LogP contribution in [0.1, 0.15) is 32.3 Å². The summed E-state index contributed by atoms with van der Waals surface area (Å²) in [5, 5.41) is 2.86. The van der Waals surface area contributed by atoms with Gasteiger partial charge in [0.05, 0.1) is 11.9 Å². The number of nitrogens with one attached hydrogen (secondary N) is 1. The molecule has 7 nitrogen and oxygen atoms in total. The van der Waals surface area contributed by atoms with E-state index in [4.69, 9.17) is 0 Å². The second-order valence-electron chi connectivity index (χ2n) is 7.71. The molecule has 0 heterocycles. The van der Waals surface area contributed by atoms with Crippen LogP contribution >= 0.6 is 38.5 Å². The lowest BCUT2D eigenvalue weighted by Crippen LogP contribution is -2.51. The first-order valence-electron chi connectivity index (χ1n) is 10.6. The zero-order valence-electron chi connectivity index (χ0n) is 18.9. The van der Waals surface area contributed by atoms with Crippen molar-refractivity contribution in [1.29, 1.82) is 0 Å². The number of sulfonamides is 1. The molecule has 0 unspecified atom stereocenters. The SMILES string of the molecule is CCCCNC(=O)[C@@H](C)N(Cc1ccc(Br)cc1)C(=O)CN(c1ccc(I)cc1)S(C)(=O)=O. The van der Waals surface area contributed by atoms with Gasteiger partial charge in [-0.2, -0.15) is 0 Å². The molecule has 0 spiro atoms. The minimum Gasteiger partial charge on any atom is -0.354 e. The highest BCUT2D eigenvalue weighted by atomic mass is 127. The zero-order chi connectivity index (χ0) is 24.6. The molecule has 10 heteroatoms. The van der Waals surface area contributed by atoms with E-state index in [9.17, 15) is 18.0 Å². The molecule has 0 bridgehead atoms. The number of carbonyl (C=O) groups excluding carboxylic acids is 2. The normalized spacial score (nSPS) is 12.2. The van der Waals surface area contributed by atoms with E-state index in [1.165, 1.54) is 4.90 Å². The van der Waals surface area contributed by atoms with Crippen molar-refractivity contribution < 1.29 is 18.0 Å². The van der Waals surface area contributed by atoms with Gasteiger partial charge in [-0.05, 0) is 77.9 Å². The fourth-order valence-electron chi connectivity index (χ4n) is 3.13. The summed E-state index contributed by atoms with van der Waals surface area (Å²) >= 11 is 5.52. The standard InChI is InChI=1S/C23H29BrIN3O4S/c1-4-5-14-26-23(30)17(2)27(15-18-6-8-19(24)9-7-18)22(29)16-28(33(3,31)32)21-12-10-20(25)11-13-21/h6-13,17H,4-5,14-16H2,1-3H3,(H,26,30)/t17-/m1/s1. The van der Waals surface area contributed by atoms with Gasteiger partial charge in [0, 0.05) is 21.1 Å². The predicted molar refractivity (Wildman–Crippen MR) is 143 cm³/mol. The molecule has 180 valence electrons. The van der Waals surface area contributed by atoms with Crippen LogP contribution in [0, 0.1) is 3.57 Å². The van der Waals surface area contributed by atoms with Crippen molar-refractivity contribution in [3.05, 3.63) is 62.1 Å². The number of rotatable bonds is 11.